The molecule has 2 rings (SSSR count). The number of benzene rings is 1. The number of anilines is 2. The summed E-state index contributed by atoms with van der Waals surface area (Å²) >= 11 is 5.93. The molecule has 1 N–H and O–H groups in total. The van der Waals surface area contributed by atoms with Gasteiger partial charge in [-0.25, -0.2) is 0 Å². The maximum absolute atomic E-state index is 12.2. The Balaban J connectivity index is 2.01. The highest BCUT2D eigenvalue weighted by molar-refractivity contribution is 6.31. The molecule has 2 amide bonds. The topological polar surface area (TPSA) is 84.7 Å². The van der Waals surface area contributed by atoms with E-state index < -0.39 is 0 Å². The second kappa shape index (κ2) is 7.83. The first-order valence-corrected chi connectivity index (χ1v) is 7.63. The van der Waals surface area contributed by atoms with Crippen molar-refractivity contribution in [2.45, 2.75) is 20.3 Å². The molecular weight excluding hydrogens is 334 g/mol. The Bertz CT molecular complexity index is 745. The number of nitrogens with one attached hydrogen (secondary N) is 1. The summed E-state index contributed by atoms with van der Waals surface area (Å²) in [5.41, 5.74) is 0.474. The van der Waals surface area contributed by atoms with Crippen molar-refractivity contribution in [2.24, 2.45) is 0 Å². The first kappa shape index (κ1) is 17.8. The van der Waals surface area contributed by atoms with Gasteiger partial charge in [0.25, 0.3) is 0 Å². The summed E-state index contributed by atoms with van der Waals surface area (Å²) in [6, 6.07) is 6.57. The molecule has 7 nitrogen and oxygen atoms in total. The number of carbonyl (C=O) groups excluding carboxylic acids is 2. The molecule has 0 aliphatic heterocycles. The second-order valence-corrected chi connectivity index (χ2v) is 5.55. The lowest BCUT2D eigenvalue weighted by atomic mass is 10.2. The third kappa shape index (κ3) is 4.48. The van der Waals surface area contributed by atoms with Crippen LogP contribution >= 0.6 is 11.6 Å². The molecule has 2 aromatic rings. The summed E-state index contributed by atoms with van der Waals surface area (Å²) in [6.45, 7) is 3.31. The lowest BCUT2D eigenvalue weighted by molar-refractivity contribution is -0.117. The van der Waals surface area contributed by atoms with E-state index in [9.17, 15) is 9.59 Å². The van der Waals surface area contributed by atoms with Crippen LogP contribution in [0.25, 0.3) is 0 Å². The molecule has 1 aromatic heterocycles. The zero-order valence-corrected chi connectivity index (χ0v) is 14.4. The van der Waals surface area contributed by atoms with E-state index in [4.69, 9.17) is 20.9 Å². The fourth-order valence-electron chi connectivity index (χ4n) is 2.12. The lowest BCUT2D eigenvalue weighted by Gasteiger charge is -2.17. The predicted octanol–water partition coefficient (Wildman–Crippen LogP) is 3.03. The van der Waals surface area contributed by atoms with Crippen LogP contribution in [0.3, 0.4) is 0 Å². The number of nitrogens with zero attached hydrogens (tertiary/aromatic N) is 2. The molecule has 0 unspecified atom stereocenters. The summed E-state index contributed by atoms with van der Waals surface area (Å²) < 4.78 is 10.1. The van der Waals surface area contributed by atoms with Gasteiger partial charge in [0.1, 0.15) is 11.5 Å². The zero-order chi connectivity index (χ0) is 17.7. The summed E-state index contributed by atoms with van der Waals surface area (Å²) in [4.78, 5) is 25.3. The average Bonchev–Trinajstić information content (AvgIpc) is 2.93. The number of aryl methyl sites for hydroxylation is 1. The van der Waals surface area contributed by atoms with E-state index in [0.717, 1.165) is 0 Å². The fraction of sp³-hybridized carbons (Fsp3) is 0.312. The molecule has 0 radical (unpaired) electrons. The summed E-state index contributed by atoms with van der Waals surface area (Å²) in [7, 11) is 1.50. The van der Waals surface area contributed by atoms with Gasteiger partial charge in [0.05, 0.1) is 12.8 Å². The Morgan fingerprint density at radius 3 is 2.71 bits per heavy atom. The average molecular weight is 352 g/mol. The maximum atomic E-state index is 12.2. The van der Waals surface area contributed by atoms with Crippen molar-refractivity contribution in [3.05, 3.63) is 35.0 Å². The molecule has 0 spiro atoms. The largest absolute Gasteiger partial charge is 0.495 e. The number of carbonyl (C=O) groups is 2. The highest BCUT2D eigenvalue weighted by atomic mass is 35.5. The van der Waals surface area contributed by atoms with Crippen molar-refractivity contribution >= 4 is 34.9 Å². The van der Waals surface area contributed by atoms with Gasteiger partial charge in [-0.3, -0.25) is 14.5 Å². The van der Waals surface area contributed by atoms with Gasteiger partial charge in [-0.05, 0) is 25.1 Å². The minimum Gasteiger partial charge on any atom is -0.495 e. The Labute approximate surface area is 144 Å². The molecule has 128 valence electrons. The van der Waals surface area contributed by atoms with Gasteiger partial charge in [-0.15, -0.1) is 0 Å². The van der Waals surface area contributed by atoms with Gasteiger partial charge < -0.3 is 14.6 Å². The molecule has 0 aliphatic carbocycles. The molecule has 0 bridgehead atoms. The van der Waals surface area contributed by atoms with Crippen LogP contribution in [0.4, 0.5) is 11.5 Å². The first-order chi connectivity index (χ1) is 11.4. The smallest absolute Gasteiger partial charge is 0.226 e. The van der Waals surface area contributed by atoms with Crippen molar-refractivity contribution in [3.8, 4) is 5.75 Å². The van der Waals surface area contributed by atoms with Crippen molar-refractivity contribution in [2.75, 3.05) is 23.9 Å². The Morgan fingerprint density at radius 2 is 2.12 bits per heavy atom. The van der Waals surface area contributed by atoms with E-state index in [1.165, 1.54) is 18.9 Å². The molecule has 0 atom stereocenters. The number of ether oxygens (including phenoxy) is 1. The Morgan fingerprint density at radius 1 is 1.38 bits per heavy atom. The van der Waals surface area contributed by atoms with E-state index in [-0.39, 0.29) is 24.8 Å². The molecule has 0 fully saturated rings. The zero-order valence-electron chi connectivity index (χ0n) is 13.6. The van der Waals surface area contributed by atoms with Crippen LogP contribution in [0.2, 0.25) is 5.02 Å². The van der Waals surface area contributed by atoms with Crippen LogP contribution < -0.4 is 15.0 Å². The summed E-state index contributed by atoms with van der Waals surface area (Å²) in [5.74, 6) is 0.972. The standard InChI is InChI=1S/C16H18ClN3O4/c1-10-8-15(19-24-10)20(11(2)21)7-6-16(22)18-13-9-12(17)4-5-14(13)23-3/h4-5,8-9H,6-7H2,1-3H3,(H,18,22). The number of hydrogen-bond acceptors (Lipinski definition) is 5. The van der Waals surface area contributed by atoms with Crippen LogP contribution in [0.5, 0.6) is 5.75 Å². The lowest BCUT2D eigenvalue weighted by Crippen LogP contribution is -2.32. The van der Waals surface area contributed by atoms with E-state index in [0.29, 0.717) is 28.0 Å². The predicted molar refractivity (Wildman–Crippen MR) is 90.5 cm³/mol. The summed E-state index contributed by atoms with van der Waals surface area (Å²) in [6.07, 6.45) is 0.0845. The van der Waals surface area contributed by atoms with Gasteiger partial charge in [-0.1, -0.05) is 16.8 Å². The Kier molecular flexibility index (Phi) is 5.81. The van der Waals surface area contributed by atoms with E-state index in [1.54, 1.807) is 31.2 Å². The van der Waals surface area contributed by atoms with Gasteiger partial charge >= 0.3 is 0 Å². The number of hydrogen-bond donors (Lipinski definition) is 1. The minimum atomic E-state index is -0.276. The van der Waals surface area contributed by atoms with Gasteiger partial charge in [-0.2, -0.15) is 0 Å². The van der Waals surface area contributed by atoms with Crippen molar-refractivity contribution in [3.63, 3.8) is 0 Å². The maximum Gasteiger partial charge on any atom is 0.226 e. The van der Waals surface area contributed by atoms with E-state index in [1.807, 2.05) is 0 Å². The molecule has 24 heavy (non-hydrogen) atoms. The van der Waals surface area contributed by atoms with Crippen LogP contribution in [-0.2, 0) is 9.59 Å². The van der Waals surface area contributed by atoms with Gasteiger partial charge in [0.15, 0.2) is 5.82 Å². The van der Waals surface area contributed by atoms with Crippen LogP contribution in [0.15, 0.2) is 28.8 Å². The van der Waals surface area contributed by atoms with Gasteiger partial charge in [0.2, 0.25) is 11.8 Å². The molecule has 0 saturated heterocycles. The number of amides is 2. The number of halogens is 1. The monoisotopic (exact) mass is 351 g/mol. The molecule has 0 aliphatic rings. The molecular formula is C16H18ClN3O4. The van der Waals surface area contributed by atoms with Crippen LogP contribution in [-0.4, -0.2) is 30.6 Å². The fourth-order valence-corrected chi connectivity index (χ4v) is 2.29. The third-order valence-corrected chi connectivity index (χ3v) is 3.51. The number of rotatable bonds is 6. The van der Waals surface area contributed by atoms with Crippen LogP contribution in [0.1, 0.15) is 19.1 Å². The first-order valence-electron chi connectivity index (χ1n) is 7.25. The Hall–Kier alpha value is -2.54. The SMILES string of the molecule is COc1ccc(Cl)cc1NC(=O)CCN(C(C)=O)c1cc(C)on1. The number of aromatic nitrogens is 1. The molecule has 0 saturated carbocycles. The van der Waals surface area contributed by atoms with Crippen molar-refractivity contribution in [1.82, 2.24) is 5.16 Å². The highest BCUT2D eigenvalue weighted by Gasteiger charge is 2.17. The quantitative estimate of drug-likeness (QED) is 0.864. The normalized spacial score (nSPS) is 10.3. The minimum absolute atomic E-state index is 0.0845. The third-order valence-electron chi connectivity index (χ3n) is 3.27. The molecule has 1 aromatic carbocycles. The number of methoxy groups -OCH3 is 1. The molecule has 1 heterocycles. The van der Waals surface area contributed by atoms with E-state index >= 15 is 0 Å². The van der Waals surface area contributed by atoms with Crippen LogP contribution in [0, 0.1) is 6.92 Å². The van der Waals surface area contributed by atoms with Crippen molar-refractivity contribution < 1.29 is 18.8 Å². The molecule has 8 heteroatoms. The van der Waals surface area contributed by atoms with Gasteiger partial charge in [0, 0.05) is 31.0 Å². The highest BCUT2D eigenvalue weighted by Crippen LogP contribution is 2.27. The summed E-state index contributed by atoms with van der Waals surface area (Å²) in [5, 5.41) is 7.00. The van der Waals surface area contributed by atoms with E-state index in [2.05, 4.69) is 10.5 Å². The van der Waals surface area contributed by atoms with Crippen molar-refractivity contribution in [1.29, 1.82) is 0 Å². The second-order valence-electron chi connectivity index (χ2n) is 5.11.